The lowest BCUT2D eigenvalue weighted by molar-refractivity contribution is -0.120. The average Bonchev–Trinajstić information content (AvgIpc) is 2.61. The highest BCUT2D eigenvalue weighted by Gasteiger charge is 2.17. The Morgan fingerprint density at radius 2 is 2.28 bits per heavy atom. The number of rotatable bonds is 4. The van der Waals surface area contributed by atoms with E-state index in [1.54, 1.807) is 7.05 Å². The number of carbonyl (C=O) groups is 1. The number of nitrogens with one attached hydrogen (secondary N) is 3. The lowest BCUT2D eigenvalue weighted by Crippen LogP contribution is -2.28. The van der Waals surface area contributed by atoms with E-state index in [0.29, 0.717) is 12.5 Å². The predicted molar refractivity (Wildman–Crippen MR) is 72.2 cm³/mol. The maximum absolute atomic E-state index is 11.2. The van der Waals surface area contributed by atoms with Crippen LogP contribution in [-0.4, -0.2) is 26.0 Å². The van der Waals surface area contributed by atoms with E-state index in [4.69, 9.17) is 0 Å². The molecule has 0 aliphatic carbocycles. The number of fused-ring (bicyclic) bond motifs is 1. The van der Waals surface area contributed by atoms with Crippen LogP contribution in [0.15, 0.2) is 24.3 Å². The number of amides is 1. The molecule has 4 heteroatoms. The first-order valence-electron chi connectivity index (χ1n) is 6.53. The molecule has 1 atom stereocenters. The van der Waals surface area contributed by atoms with Crippen molar-refractivity contribution in [2.75, 3.05) is 20.1 Å². The fourth-order valence-electron chi connectivity index (χ4n) is 2.36. The van der Waals surface area contributed by atoms with Gasteiger partial charge in [-0.3, -0.25) is 4.79 Å². The second-order valence-electron chi connectivity index (χ2n) is 4.59. The van der Waals surface area contributed by atoms with E-state index in [9.17, 15) is 4.79 Å². The zero-order chi connectivity index (χ0) is 12.8. The van der Waals surface area contributed by atoms with Crippen LogP contribution in [0.5, 0.6) is 0 Å². The van der Waals surface area contributed by atoms with Crippen molar-refractivity contribution in [1.29, 1.82) is 0 Å². The van der Waals surface area contributed by atoms with E-state index in [-0.39, 0.29) is 5.91 Å². The maximum atomic E-state index is 11.2. The van der Waals surface area contributed by atoms with Crippen LogP contribution in [0.25, 0.3) is 0 Å². The van der Waals surface area contributed by atoms with Gasteiger partial charge in [-0.2, -0.15) is 0 Å². The highest BCUT2D eigenvalue weighted by atomic mass is 16.1. The Labute approximate surface area is 108 Å². The van der Waals surface area contributed by atoms with Crippen molar-refractivity contribution in [3.05, 3.63) is 35.4 Å². The van der Waals surface area contributed by atoms with Gasteiger partial charge in [0.15, 0.2) is 0 Å². The molecule has 0 radical (unpaired) electrons. The molecule has 1 heterocycles. The number of hydrogen-bond acceptors (Lipinski definition) is 3. The summed E-state index contributed by atoms with van der Waals surface area (Å²) in [5.74, 6) is 0.0857. The first-order chi connectivity index (χ1) is 8.81. The third-order valence-corrected chi connectivity index (χ3v) is 3.38. The first-order valence-corrected chi connectivity index (χ1v) is 6.53. The standard InChI is InChI=1S/C14H21N3O/c1-15-14(18)7-9-17-13-6-8-16-10-11-4-2-3-5-12(11)13/h2-5,13,16-17H,6-10H2,1H3,(H,15,18). The molecule has 1 aromatic rings. The van der Waals surface area contributed by atoms with E-state index in [0.717, 1.165) is 26.1 Å². The van der Waals surface area contributed by atoms with Crippen molar-refractivity contribution in [1.82, 2.24) is 16.0 Å². The Bertz CT molecular complexity index is 406. The SMILES string of the molecule is CNC(=O)CCNC1CCNCc2ccccc21. The van der Waals surface area contributed by atoms with Crippen molar-refractivity contribution in [3.63, 3.8) is 0 Å². The number of carbonyl (C=O) groups excluding carboxylic acids is 1. The molecule has 1 aliphatic rings. The van der Waals surface area contributed by atoms with Crippen LogP contribution in [0.2, 0.25) is 0 Å². The second kappa shape index (κ2) is 6.52. The van der Waals surface area contributed by atoms with Gasteiger partial charge in [0, 0.05) is 32.6 Å². The van der Waals surface area contributed by atoms with E-state index in [1.807, 2.05) is 0 Å². The van der Waals surface area contributed by atoms with Crippen LogP contribution >= 0.6 is 0 Å². The zero-order valence-electron chi connectivity index (χ0n) is 10.8. The van der Waals surface area contributed by atoms with Gasteiger partial charge in [-0.05, 0) is 24.1 Å². The van der Waals surface area contributed by atoms with Crippen molar-refractivity contribution >= 4 is 5.91 Å². The molecule has 0 aromatic heterocycles. The summed E-state index contributed by atoms with van der Waals surface area (Å²) in [5, 5.41) is 9.55. The van der Waals surface area contributed by atoms with Crippen LogP contribution in [-0.2, 0) is 11.3 Å². The minimum Gasteiger partial charge on any atom is -0.359 e. The molecule has 0 bridgehead atoms. The predicted octanol–water partition coefficient (Wildman–Crippen LogP) is 0.947. The van der Waals surface area contributed by atoms with Crippen LogP contribution in [0.3, 0.4) is 0 Å². The third kappa shape index (κ3) is 3.31. The van der Waals surface area contributed by atoms with Gasteiger partial charge in [0.25, 0.3) is 0 Å². The minimum atomic E-state index is 0.0857. The molecule has 0 fully saturated rings. The largest absolute Gasteiger partial charge is 0.359 e. The van der Waals surface area contributed by atoms with Crippen molar-refractivity contribution in [2.45, 2.75) is 25.4 Å². The Kier molecular flexibility index (Phi) is 4.73. The Balaban J connectivity index is 1.97. The first kappa shape index (κ1) is 13.1. The molecule has 0 saturated carbocycles. The lowest BCUT2D eigenvalue weighted by atomic mass is 9.99. The zero-order valence-corrected chi connectivity index (χ0v) is 10.8. The van der Waals surface area contributed by atoms with Crippen LogP contribution in [0.1, 0.15) is 30.0 Å². The van der Waals surface area contributed by atoms with Gasteiger partial charge >= 0.3 is 0 Å². The summed E-state index contributed by atoms with van der Waals surface area (Å²) in [7, 11) is 1.67. The van der Waals surface area contributed by atoms with E-state index < -0.39 is 0 Å². The summed E-state index contributed by atoms with van der Waals surface area (Å²) < 4.78 is 0. The molecular weight excluding hydrogens is 226 g/mol. The van der Waals surface area contributed by atoms with Gasteiger partial charge < -0.3 is 16.0 Å². The Morgan fingerprint density at radius 3 is 3.11 bits per heavy atom. The lowest BCUT2D eigenvalue weighted by Gasteiger charge is -2.18. The highest BCUT2D eigenvalue weighted by Crippen LogP contribution is 2.23. The number of hydrogen-bond donors (Lipinski definition) is 3. The minimum absolute atomic E-state index is 0.0857. The molecule has 1 unspecified atom stereocenters. The normalized spacial score (nSPS) is 18.8. The Hall–Kier alpha value is -1.39. The van der Waals surface area contributed by atoms with Crippen LogP contribution in [0, 0.1) is 0 Å². The molecule has 0 saturated heterocycles. The number of benzene rings is 1. The van der Waals surface area contributed by atoms with Crippen molar-refractivity contribution in [3.8, 4) is 0 Å². The molecule has 4 nitrogen and oxygen atoms in total. The quantitative estimate of drug-likeness (QED) is 0.742. The molecular formula is C14H21N3O. The maximum Gasteiger partial charge on any atom is 0.221 e. The van der Waals surface area contributed by atoms with Gasteiger partial charge in [-0.25, -0.2) is 0 Å². The van der Waals surface area contributed by atoms with Crippen LogP contribution in [0.4, 0.5) is 0 Å². The Morgan fingerprint density at radius 1 is 1.44 bits per heavy atom. The second-order valence-corrected chi connectivity index (χ2v) is 4.59. The van der Waals surface area contributed by atoms with E-state index in [1.165, 1.54) is 11.1 Å². The molecule has 98 valence electrons. The van der Waals surface area contributed by atoms with Crippen LogP contribution < -0.4 is 16.0 Å². The molecule has 1 aromatic carbocycles. The van der Waals surface area contributed by atoms with E-state index >= 15 is 0 Å². The highest BCUT2D eigenvalue weighted by molar-refractivity contribution is 5.75. The molecule has 2 rings (SSSR count). The summed E-state index contributed by atoms with van der Waals surface area (Å²) >= 11 is 0. The van der Waals surface area contributed by atoms with Gasteiger partial charge in [0.2, 0.25) is 5.91 Å². The molecule has 1 amide bonds. The summed E-state index contributed by atoms with van der Waals surface area (Å²) in [6.07, 6.45) is 1.59. The van der Waals surface area contributed by atoms with Crippen molar-refractivity contribution < 1.29 is 4.79 Å². The van der Waals surface area contributed by atoms with Gasteiger partial charge in [0.05, 0.1) is 0 Å². The fourth-order valence-corrected chi connectivity index (χ4v) is 2.36. The van der Waals surface area contributed by atoms with Gasteiger partial charge in [0.1, 0.15) is 0 Å². The third-order valence-electron chi connectivity index (χ3n) is 3.38. The molecule has 3 N–H and O–H groups in total. The molecule has 0 spiro atoms. The monoisotopic (exact) mass is 247 g/mol. The molecule has 1 aliphatic heterocycles. The van der Waals surface area contributed by atoms with E-state index in [2.05, 4.69) is 40.2 Å². The van der Waals surface area contributed by atoms with Gasteiger partial charge in [-0.1, -0.05) is 24.3 Å². The topological polar surface area (TPSA) is 53.2 Å². The summed E-state index contributed by atoms with van der Waals surface area (Å²) in [6.45, 7) is 2.66. The average molecular weight is 247 g/mol. The summed E-state index contributed by atoms with van der Waals surface area (Å²) in [4.78, 5) is 11.2. The smallest absolute Gasteiger partial charge is 0.221 e. The summed E-state index contributed by atoms with van der Waals surface area (Å²) in [6, 6.07) is 8.85. The summed E-state index contributed by atoms with van der Waals surface area (Å²) in [5.41, 5.74) is 2.71. The van der Waals surface area contributed by atoms with Gasteiger partial charge in [-0.15, -0.1) is 0 Å². The molecule has 18 heavy (non-hydrogen) atoms. The fraction of sp³-hybridized carbons (Fsp3) is 0.500. The van der Waals surface area contributed by atoms with Crippen molar-refractivity contribution in [2.24, 2.45) is 0 Å².